The Morgan fingerprint density at radius 3 is 1.67 bits per heavy atom. The fourth-order valence-electron chi connectivity index (χ4n) is 8.87. The van der Waals surface area contributed by atoms with Crippen molar-refractivity contribution in [2.24, 2.45) is 0 Å². The molecule has 8 aromatic carbocycles. The number of benzene rings is 8. The van der Waals surface area contributed by atoms with Crippen LogP contribution in [0.15, 0.2) is 197 Å². The lowest BCUT2D eigenvalue weighted by Gasteiger charge is -2.38. The molecule has 0 saturated heterocycles. The molecule has 0 aliphatic heterocycles. The van der Waals surface area contributed by atoms with E-state index < -0.39 is 5.41 Å². The third-order valence-corrected chi connectivity index (χ3v) is 11.0. The fourth-order valence-corrected chi connectivity index (χ4v) is 8.87. The standard InChI is InChI=1S/C49H31NO2/c1-2-15-32(16-3-1)49(39-21-8-4-17-34(39)35-18-5-9-22-40(35)49)41-23-10-11-24-42(41)50(33-29-30-37-36-19-6-12-26-44(36)52-47(37)31-33)43-25-14-28-46-48(43)38-20-7-13-27-45(38)51-46/h1-31H. The second-order valence-corrected chi connectivity index (χ2v) is 13.6. The molecule has 0 spiro atoms. The smallest absolute Gasteiger partial charge is 0.137 e. The van der Waals surface area contributed by atoms with Crippen LogP contribution in [0.5, 0.6) is 0 Å². The lowest BCUT2D eigenvalue weighted by Crippen LogP contribution is -2.30. The normalized spacial score (nSPS) is 13.2. The Kier molecular flexibility index (Phi) is 6.17. The molecular formula is C49H31NO2. The van der Waals surface area contributed by atoms with Gasteiger partial charge in [0.1, 0.15) is 22.3 Å². The number of nitrogens with zero attached hydrogens (tertiary/aromatic N) is 1. The second kappa shape index (κ2) is 11.1. The molecule has 0 amide bonds. The zero-order valence-corrected chi connectivity index (χ0v) is 28.2. The van der Waals surface area contributed by atoms with E-state index in [0.29, 0.717) is 0 Å². The van der Waals surface area contributed by atoms with Gasteiger partial charge in [-0.25, -0.2) is 0 Å². The van der Waals surface area contributed by atoms with Crippen molar-refractivity contribution in [3.63, 3.8) is 0 Å². The molecule has 1 aliphatic rings. The molecule has 2 aromatic heterocycles. The maximum Gasteiger partial charge on any atom is 0.137 e. The summed E-state index contributed by atoms with van der Waals surface area (Å²) in [5, 5.41) is 4.36. The lowest BCUT2D eigenvalue weighted by molar-refractivity contribution is 0.669. The van der Waals surface area contributed by atoms with E-state index in [2.05, 4.69) is 175 Å². The first-order valence-corrected chi connectivity index (χ1v) is 17.8. The molecule has 2 heterocycles. The molecule has 52 heavy (non-hydrogen) atoms. The zero-order valence-electron chi connectivity index (χ0n) is 28.2. The van der Waals surface area contributed by atoms with Crippen LogP contribution in [0.3, 0.4) is 0 Å². The molecule has 0 atom stereocenters. The molecule has 1 aliphatic carbocycles. The van der Waals surface area contributed by atoms with Crippen molar-refractivity contribution in [1.82, 2.24) is 0 Å². The molecule has 0 bridgehead atoms. The maximum absolute atomic E-state index is 6.52. The van der Waals surface area contributed by atoms with Gasteiger partial charge in [-0.15, -0.1) is 0 Å². The zero-order chi connectivity index (χ0) is 34.2. The molecule has 10 aromatic rings. The number of anilines is 3. The van der Waals surface area contributed by atoms with Crippen molar-refractivity contribution in [3.8, 4) is 11.1 Å². The summed E-state index contributed by atoms with van der Waals surface area (Å²) in [6, 6.07) is 67.4. The Morgan fingerprint density at radius 1 is 0.365 bits per heavy atom. The Labute approximate surface area is 300 Å². The van der Waals surface area contributed by atoms with E-state index in [9.17, 15) is 0 Å². The van der Waals surface area contributed by atoms with Crippen LogP contribution >= 0.6 is 0 Å². The molecule has 0 fully saturated rings. The summed E-state index contributed by atoms with van der Waals surface area (Å²) in [5.74, 6) is 0. The van der Waals surface area contributed by atoms with Crippen molar-refractivity contribution >= 4 is 60.9 Å². The van der Waals surface area contributed by atoms with E-state index in [1.807, 2.05) is 18.2 Å². The largest absolute Gasteiger partial charge is 0.456 e. The van der Waals surface area contributed by atoms with Crippen LogP contribution in [-0.2, 0) is 5.41 Å². The topological polar surface area (TPSA) is 29.5 Å². The number of hydrogen-bond acceptors (Lipinski definition) is 3. The van der Waals surface area contributed by atoms with Crippen LogP contribution in [0.1, 0.15) is 22.3 Å². The summed E-state index contributed by atoms with van der Waals surface area (Å²) >= 11 is 0. The van der Waals surface area contributed by atoms with Gasteiger partial charge in [0.25, 0.3) is 0 Å². The predicted octanol–water partition coefficient (Wildman–Crippen LogP) is 13.3. The summed E-state index contributed by atoms with van der Waals surface area (Å²) in [6.45, 7) is 0. The number of furan rings is 2. The summed E-state index contributed by atoms with van der Waals surface area (Å²) < 4.78 is 13.0. The van der Waals surface area contributed by atoms with Crippen molar-refractivity contribution in [3.05, 3.63) is 210 Å². The van der Waals surface area contributed by atoms with Crippen molar-refractivity contribution < 1.29 is 8.83 Å². The molecule has 11 rings (SSSR count). The first kappa shape index (κ1) is 28.9. The molecule has 3 nitrogen and oxygen atoms in total. The maximum atomic E-state index is 6.52. The predicted molar refractivity (Wildman–Crippen MR) is 213 cm³/mol. The second-order valence-electron chi connectivity index (χ2n) is 13.6. The quantitative estimate of drug-likeness (QED) is 0.183. The van der Waals surface area contributed by atoms with Crippen LogP contribution in [-0.4, -0.2) is 0 Å². The molecule has 0 N–H and O–H groups in total. The van der Waals surface area contributed by atoms with E-state index in [4.69, 9.17) is 8.83 Å². The van der Waals surface area contributed by atoms with Gasteiger partial charge in [-0.2, -0.15) is 0 Å². The Hall–Kier alpha value is -6.84. The van der Waals surface area contributed by atoms with Crippen molar-refractivity contribution in [2.75, 3.05) is 4.90 Å². The summed E-state index contributed by atoms with van der Waals surface area (Å²) in [7, 11) is 0. The van der Waals surface area contributed by atoms with E-state index in [1.54, 1.807) is 0 Å². The third-order valence-electron chi connectivity index (χ3n) is 11.0. The van der Waals surface area contributed by atoms with Gasteiger partial charge in [0.2, 0.25) is 0 Å². The minimum atomic E-state index is -0.598. The van der Waals surface area contributed by atoms with Crippen LogP contribution < -0.4 is 4.90 Å². The van der Waals surface area contributed by atoms with E-state index >= 15 is 0 Å². The van der Waals surface area contributed by atoms with Gasteiger partial charge in [0.15, 0.2) is 0 Å². The molecule has 0 radical (unpaired) electrons. The molecule has 244 valence electrons. The highest BCUT2D eigenvalue weighted by atomic mass is 16.3. The van der Waals surface area contributed by atoms with E-state index in [1.165, 1.54) is 33.4 Å². The Morgan fingerprint density at radius 2 is 0.904 bits per heavy atom. The molecule has 3 heteroatoms. The van der Waals surface area contributed by atoms with Gasteiger partial charge in [-0.3, -0.25) is 0 Å². The molecule has 0 saturated carbocycles. The van der Waals surface area contributed by atoms with Crippen LogP contribution in [0.4, 0.5) is 17.1 Å². The monoisotopic (exact) mass is 665 g/mol. The fraction of sp³-hybridized carbons (Fsp3) is 0.0204. The summed E-state index contributed by atoms with van der Waals surface area (Å²) in [5.41, 5.74) is 13.4. The highest BCUT2D eigenvalue weighted by Gasteiger charge is 2.47. The highest BCUT2D eigenvalue weighted by Crippen LogP contribution is 2.59. The SMILES string of the molecule is c1ccc(C2(c3ccccc3N(c3ccc4c(c3)oc3ccccc34)c3cccc4oc5ccccc5c34)c3ccccc3-c3ccccc32)cc1. The first-order valence-electron chi connectivity index (χ1n) is 17.8. The summed E-state index contributed by atoms with van der Waals surface area (Å²) in [6.07, 6.45) is 0. The average molecular weight is 666 g/mol. The van der Waals surface area contributed by atoms with Gasteiger partial charge in [0, 0.05) is 27.9 Å². The number of para-hydroxylation sites is 3. The van der Waals surface area contributed by atoms with E-state index in [-0.39, 0.29) is 0 Å². The minimum Gasteiger partial charge on any atom is -0.456 e. The lowest BCUT2D eigenvalue weighted by atomic mass is 9.67. The van der Waals surface area contributed by atoms with Crippen LogP contribution in [0, 0.1) is 0 Å². The van der Waals surface area contributed by atoms with Crippen LogP contribution in [0.2, 0.25) is 0 Å². The van der Waals surface area contributed by atoms with Gasteiger partial charge in [0.05, 0.1) is 22.2 Å². The Bertz CT molecular complexity index is 2940. The third kappa shape index (κ3) is 3.96. The van der Waals surface area contributed by atoms with Gasteiger partial charge in [-0.05, 0) is 75.8 Å². The van der Waals surface area contributed by atoms with Crippen molar-refractivity contribution in [1.29, 1.82) is 0 Å². The molecular weight excluding hydrogens is 635 g/mol. The first-order chi connectivity index (χ1) is 25.8. The van der Waals surface area contributed by atoms with Gasteiger partial charge < -0.3 is 13.7 Å². The van der Waals surface area contributed by atoms with Gasteiger partial charge in [-0.1, -0.05) is 140 Å². The summed E-state index contributed by atoms with van der Waals surface area (Å²) in [4.78, 5) is 2.42. The van der Waals surface area contributed by atoms with Crippen molar-refractivity contribution in [2.45, 2.75) is 5.41 Å². The number of fused-ring (bicyclic) bond motifs is 9. The number of rotatable bonds is 5. The molecule has 0 unspecified atom stereocenters. The number of hydrogen-bond donors (Lipinski definition) is 0. The minimum absolute atomic E-state index is 0.598. The average Bonchev–Trinajstić information content (AvgIpc) is 3.87. The van der Waals surface area contributed by atoms with Crippen LogP contribution in [0.25, 0.3) is 55.0 Å². The highest BCUT2D eigenvalue weighted by molar-refractivity contribution is 6.14. The van der Waals surface area contributed by atoms with E-state index in [0.717, 1.165) is 60.9 Å². The van der Waals surface area contributed by atoms with Gasteiger partial charge >= 0.3 is 0 Å². The Balaban J connectivity index is 1.28.